The molecule has 0 saturated carbocycles. The van der Waals surface area contributed by atoms with Crippen molar-refractivity contribution in [2.75, 3.05) is 13.2 Å². The SMILES string of the molecule is CCCO.CCC[O][Zr]. The van der Waals surface area contributed by atoms with Crippen LogP contribution >= 0.6 is 0 Å². The van der Waals surface area contributed by atoms with Gasteiger partial charge < -0.3 is 5.11 Å². The molecule has 9 heavy (non-hydrogen) atoms. The molecule has 0 aliphatic heterocycles. The second kappa shape index (κ2) is 15.9. The van der Waals surface area contributed by atoms with Crippen molar-refractivity contribution in [3.63, 3.8) is 0 Å². The van der Waals surface area contributed by atoms with Crippen LogP contribution in [0.1, 0.15) is 26.7 Å². The van der Waals surface area contributed by atoms with E-state index in [9.17, 15) is 0 Å². The van der Waals surface area contributed by atoms with Crippen LogP contribution in [0.3, 0.4) is 0 Å². The van der Waals surface area contributed by atoms with Crippen LogP contribution in [0.25, 0.3) is 0 Å². The summed E-state index contributed by atoms with van der Waals surface area (Å²) >= 11 is 1.18. The summed E-state index contributed by atoms with van der Waals surface area (Å²) in [6.45, 7) is 5.28. The molecule has 0 radical (unpaired) electrons. The maximum absolute atomic E-state index is 7.88. The molecule has 0 unspecified atom stereocenters. The van der Waals surface area contributed by atoms with E-state index >= 15 is 0 Å². The summed E-state index contributed by atoms with van der Waals surface area (Å²) in [6.07, 6.45) is 2.02. The van der Waals surface area contributed by atoms with E-state index in [0.29, 0.717) is 6.61 Å². The Kier molecular flexibility index (Phi) is 22.1. The van der Waals surface area contributed by atoms with E-state index in [2.05, 4.69) is 6.92 Å². The fraction of sp³-hybridized carbons (Fsp3) is 1.00. The van der Waals surface area contributed by atoms with Gasteiger partial charge in [0.2, 0.25) is 0 Å². The molecule has 0 aliphatic rings. The van der Waals surface area contributed by atoms with Crippen molar-refractivity contribution in [3.8, 4) is 0 Å². The van der Waals surface area contributed by atoms with Crippen LogP contribution < -0.4 is 0 Å². The summed E-state index contributed by atoms with van der Waals surface area (Å²) in [6, 6.07) is 0. The summed E-state index contributed by atoms with van der Waals surface area (Å²) < 4.78 is 4.78. The van der Waals surface area contributed by atoms with Crippen molar-refractivity contribution < 1.29 is 33.1 Å². The fourth-order valence-corrected chi connectivity index (χ4v) is 0.604. The Bertz CT molecular complexity index is 30.2. The Labute approximate surface area is 73.1 Å². The van der Waals surface area contributed by atoms with Gasteiger partial charge in [0, 0.05) is 6.61 Å². The first kappa shape index (κ1) is 12.5. The molecule has 3 heteroatoms. The molecule has 2 nitrogen and oxygen atoms in total. The zero-order valence-electron chi connectivity index (χ0n) is 6.18. The van der Waals surface area contributed by atoms with Crippen molar-refractivity contribution >= 4 is 0 Å². The van der Waals surface area contributed by atoms with E-state index in [0.717, 1.165) is 19.4 Å². The van der Waals surface area contributed by atoms with Crippen molar-refractivity contribution in [2.24, 2.45) is 0 Å². The predicted octanol–water partition coefficient (Wildman–Crippen LogP) is 1.26. The molecule has 0 atom stereocenters. The Morgan fingerprint density at radius 1 is 1.33 bits per heavy atom. The first-order valence-electron chi connectivity index (χ1n) is 3.22. The van der Waals surface area contributed by atoms with Gasteiger partial charge in [-0.3, -0.25) is 0 Å². The molecule has 0 aromatic rings. The van der Waals surface area contributed by atoms with Crippen LogP contribution in [0.5, 0.6) is 0 Å². The molecule has 0 saturated heterocycles. The van der Waals surface area contributed by atoms with Crippen LogP contribution in [0.2, 0.25) is 0 Å². The summed E-state index contributed by atoms with van der Waals surface area (Å²) in [5.41, 5.74) is 0. The number of rotatable bonds is 3. The zero-order chi connectivity index (χ0) is 7.54. The van der Waals surface area contributed by atoms with E-state index in [1.54, 1.807) is 0 Å². The number of hydrogen-bond acceptors (Lipinski definition) is 2. The molecule has 0 aromatic heterocycles. The number of aliphatic hydroxyl groups excluding tert-OH is 1. The van der Waals surface area contributed by atoms with Crippen LogP contribution in [-0.2, 0) is 28.0 Å². The van der Waals surface area contributed by atoms with Crippen molar-refractivity contribution in [3.05, 3.63) is 0 Å². The number of aliphatic hydroxyl groups is 1. The van der Waals surface area contributed by atoms with Gasteiger partial charge in [0.1, 0.15) is 0 Å². The van der Waals surface area contributed by atoms with Crippen LogP contribution in [0.15, 0.2) is 0 Å². The van der Waals surface area contributed by atoms with E-state index in [-0.39, 0.29) is 0 Å². The molecular weight excluding hydrogens is 195 g/mol. The third-order valence-electron chi connectivity index (χ3n) is 0.530. The van der Waals surface area contributed by atoms with Gasteiger partial charge in [-0.2, -0.15) is 0 Å². The van der Waals surface area contributed by atoms with Gasteiger partial charge in [0.05, 0.1) is 0 Å². The predicted molar refractivity (Wildman–Crippen MR) is 33.6 cm³/mol. The Morgan fingerprint density at radius 3 is 1.78 bits per heavy atom. The topological polar surface area (TPSA) is 29.5 Å². The molecule has 0 bridgehead atoms. The normalized spacial score (nSPS) is 7.78. The Hall–Kier alpha value is 0.803. The fourth-order valence-electron chi connectivity index (χ4n) is 0.102. The first-order chi connectivity index (χ1) is 4.33. The maximum atomic E-state index is 7.88. The summed E-state index contributed by atoms with van der Waals surface area (Å²) in [5.74, 6) is 0. The molecule has 55 valence electrons. The van der Waals surface area contributed by atoms with Crippen LogP contribution in [-0.4, -0.2) is 18.3 Å². The Morgan fingerprint density at radius 2 is 1.78 bits per heavy atom. The second-order valence-electron chi connectivity index (χ2n) is 1.57. The minimum absolute atomic E-state index is 0.319. The molecule has 0 aliphatic carbocycles. The summed E-state index contributed by atoms with van der Waals surface area (Å²) in [7, 11) is 0. The quantitative estimate of drug-likeness (QED) is 0.760. The van der Waals surface area contributed by atoms with E-state index in [1.807, 2.05) is 6.92 Å². The first-order valence-corrected chi connectivity index (χ1v) is 4.23. The van der Waals surface area contributed by atoms with Crippen molar-refractivity contribution in [1.82, 2.24) is 0 Å². The van der Waals surface area contributed by atoms with Gasteiger partial charge in [-0.15, -0.1) is 0 Å². The standard InChI is InChI=1S/C3H8O.C3H7O.Zr/c2*1-2-3-4;/h4H,2-3H2,1H3;2-3H2,1H3;/q;-1;+1. The monoisotopic (exact) mass is 209 g/mol. The van der Waals surface area contributed by atoms with E-state index in [1.165, 1.54) is 25.2 Å². The molecule has 0 spiro atoms. The van der Waals surface area contributed by atoms with Gasteiger partial charge in [0.15, 0.2) is 0 Å². The van der Waals surface area contributed by atoms with Gasteiger partial charge >= 0.3 is 47.9 Å². The van der Waals surface area contributed by atoms with Crippen molar-refractivity contribution in [1.29, 1.82) is 0 Å². The third-order valence-corrected chi connectivity index (χ3v) is 1.03. The second-order valence-corrected chi connectivity index (χ2v) is 2.28. The number of hydrogen-bond donors (Lipinski definition) is 1. The molecule has 0 amide bonds. The van der Waals surface area contributed by atoms with Crippen LogP contribution in [0, 0.1) is 0 Å². The molecule has 0 rings (SSSR count). The summed E-state index contributed by atoms with van der Waals surface area (Å²) in [5, 5.41) is 7.88. The van der Waals surface area contributed by atoms with Gasteiger partial charge in [-0.1, -0.05) is 6.92 Å². The molecule has 0 heterocycles. The zero-order valence-corrected chi connectivity index (χ0v) is 8.64. The van der Waals surface area contributed by atoms with E-state index in [4.69, 9.17) is 7.92 Å². The molecule has 1 N–H and O–H groups in total. The van der Waals surface area contributed by atoms with Gasteiger partial charge in [0.25, 0.3) is 0 Å². The van der Waals surface area contributed by atoms with Crippen molar-refractivity contribution in [2.45, 2.75) is 26.7 Å². The average molecular weight is 210 g/mol. The minimum atomic E-state index is 0.319. The van der Waals surface area contributed by atoms with Crippen LogP contribution in [0.4, 0.5) is 0 Å². The molecule has 0 aromatic carbocycles. The van der Waals surface area contributed by atoms with E-state index < -0.39 is 0 Å². The third kappa shape index (κ3) is 28.2. The van der Waals surface area contributed by atoms with Gasteiger partial charge in [-0.25, -0.2) is 0 Å². The Balaban J connectivity index is 0. The molecular formula is C6H15O2Zr. The molecule has 0 fully saturated rings. The summed E-state index contributed by atoms with van der Waals surface area (Å²) in [4.78, 5) is 0. The average Bonchev–Trinajstić information content (AvgIpc) is 1.91. The van der Waals surface area contributed by atoms with Gasteiger partial charge in [-0.05, 0) is 6.42 Å².